The van der Waals surface area contributed by atoms with Crippen molar-refractivity contribution in [3.05, 3.63) is 115 Å². The van der Waals surface area contributed by atoms with E-state index < -0.39 is 31.8 Å². The minimum absolute atomic E-state index is 0.0458. The van der Waals surface area contributed by atoms with Crippen molar-refractivity contribution in [2.45, 2.75) is 9.79 Å². The number of nitrogens with zero attached hydrogens (tertiary/aromatic N) is 4. The Morgan fingerprint density at radius 1 is 0.659 bits per heavy atom. The molecule has 4 N–H and O–H groups in total. The first-order valence-corrected chi connectivity index (χ1v) is 15.6. The SMILES string of the molecule is O=C(O)c1cc(N=Nc2ccc(S(=O)(=O)Nc3ccc(-c4ccc(S(=O)(=O)Nc5ccccn5)cc4)cn3)cc2)ccc1O. The number of aromatic hydroxyl groups is 1. The molecule has 0 atom stereocenters. The molecule has 0 aliphatic carbocycles. The molecule has 0 aliphatic heterocycles. The van der Waals surface area contributed by atoms with Crippen LogP contribution >= 0.6 is 0 Å². The van der Waals surface area contributed by atoms with Gasteiger partial charge in [0.15, 0.2) is 0 Å². The zero-order chi connectivity index (χ0) is 31.3. The van der Waals surface area contributed by atoms with Crippen molar-refractivity contribution in [3.8, 4) is 16.9 Å². The lowest BCUT2D eigenvalue weighted by Crippen LogP contribution is -2.13. The van der Waals surface area contributed by atoms with Gasteiger partial charge in [-0.2, -0.15) is 10.2 Å². The van der Waals surface area contributed by atoms with Gasteiger partial charge in [-0.1, -0.05) is 18.2 Å². The van der Waals surface area contributed by atoms with Gasteiger partial charge in [0.2, 0.25) is 0 Å². The van der Waals surface area contributed by atoms with E-state index in [1.807, 2.05) is 0 Å². The number of benzene rings is 3. The van der Waals surface area contributed by atoms with Crippen molar-refractivity contribution in [1.29, 1.82) is 0 Å². The smallest absolute Gasteiger partial charge is 0.339 e. The Kier molecular flexibility index (Phi) is 8.32. The summed E-state index contributed by atoms with van der Waals surface area (Å²) in [4.78, 5) is 19.3. The lowest BCUT2D eigenvalue weighted by atomic mass is 10.1. The Morgan fingerprint density at radius 2 is 1.23 bits per heavy atom. The zero-order valence-electron chi connectivity index (χ0n) is 22.4. The van der Waals surface area contributed by atoms with Crippen molar-refractivity contribution in [2.75, 3.05) is 9.44 Å². The minimum Gasteiger partial charge on any atom is -0.507 e. The standard InChI is InChI=1S/C29H22N6O7S2/c36-26-14-9-22(17-25(26)29(37)38)33-32-21-7-12-24(13-8-21)44(41,42)35-28-15-6-20(18-31-28)19-4-10-23(11-5-19)43(39,40)34-27-3-1-2-16-30-27/h1-18,36H,(H,30,34)(H,31,35)(H,37,38). The minimum atomic E-state index is -4.00. The summed E-state index contributed by atoms with van der Waals surface area (Å²) >= 11 is 0. The van der Waals surface area contributed by atoms with Crippen LogP contribution < -0.4 is 9.44 Å². The maximum absolute atomic E-state index is 12.9. The summed E-state index contributed by atoms with van der Waals surface area (Å²) in [6, 6.07) is 23.3. The van der Waals surface area contributed by atoms with Crippen LogP contribution in [0.5, 0.6) is 5.75 Å². The Bertz CT molecular complexity index is 2050. The van der Waals surface area contributed by atoms with Crippen LogP contribution in [0, 0.1) is 0 Å². The predicted octanol–water partition coefficient (Wildman–Crippen LogP) is 5.56. The molecule has 2 aromatic heterocycles. The van der Waals surface area contributed by atoms with E-state index in [0.29, 0.717) is 16.8 Å². The van der Waals surface area contributed by atoms with Gasteiger partial charge in [0.05, 0.1) is 21.2 Å². The van der Waals surface area contributed by atoms with Crippen LogP contribution in [0.1, 0.15) is 10.4 Å². The fraction of sp³-hybridized carbons (Fsp3) is 0. The lowest BCUT2D eigenvalue weighted by molar-refractivity contribution is 0.0693. The number of sulfonamides is 2. The van der Waals surface area contributed by atoms with Gasteiger partial charge in [0, 0.05) is 18.0 Å². The first kappa shape index (κ1) is 29.8. The third-order valence-electron chi connectivity index (χ3n) is 6.04. The Hall–Kier alpha value is -5.67. The molecule has 44 heavy (non-hydrogen) atoms. The van der Waals surface area contributed by atoms with Gasteiger partial charge in [-0.05, 0) is 84.4 Å². The molecular weight excluding hydrogens is 608 g/mol. The molecule has 0 spiro atoms. The van der Waals surface area contributed by atoms with Gasteiger partial charge in [-0.15, -0.1) is 0 Å². The number of azo groups is 1. The summed E-state index contributed by atoms with van der Waals surface area (Å²) in [7, 11) is -7.83. The highest BCUT2D eigenvalue weighted by atomic mass is 32.2. The van der Waals surface area contributed by atoms with E-state index in [9.17, 15) is 26.7 Å². The Labute approximate surface area is 251 Å². The van der Waals surface area contributed by atoms with E-state index in [1.165, 1.54) is 73.1 Å². The number of aromatic nitrogens is 2. The van der Waals surface area contributed by atoms with Crippen molar-refractivity contribution < 1.29 is 31.8 Å². The predicted molar refractivity (Wildman–Crippen MR) is 161 cm³/mol. The number of nitrogens with one attached hydrogen (secondary N) is 2. The van der Waals surface area contributed by atoms with E-state index in [1.54, 1.807) is 30.3 Å². The molecule has 0 amide bonds. The van der Waals surface area contributed by atoms with Crippen LogP contribution in [0.3, 0.4) is 0 Å². The molecule has 0 radical (unpaired) electrons. The van der Waals surface area contributed by atoms with Gasteiger partial charge in [0.25, 0.3) is 20.0 Å². The van der Waals surface area contributed by atoms with Crippen LogP contribution in [-0.2, 0) is 20.0 Å². The number of carboxylic acids is 1. The third-order valence-corrected chi connectivity index (χ3v) is 8.78. The van der Waals surface area contributed by atoms with Crippen molar-refractivity contribution in [1.82, 2.24) is 9.97 Å². The van der Waals surface area contributed by atoms with E-state index in [2.05, 4.69) is 29.6 Å². The monoisotopic (exact) mass is 630 g/mol. The largest absolute Gasteiger partial charge is 0.507 e. The number of hydrogen-bond acceptors (Lipinski definition) is 10. The molecule has 0 bridgehead atoms. The highest BCUT2D eigenvalue weighted by Crippen LogP contribution is 2.27. The van der Waals surface area contributed by atoms with E-state index in [4.69, 9.17) is 5.11 Å². The molecule has 222 valence electrons. The molecule has 5 rings (SSSR count). The second kappa shape index (κ2) is 12.3. The van der Waals surface area contributed by atoms with Gasteiger partial charge in [0.1, 0.15) is 22.9 Å². The molecule has 0 saturated carbocycles. The average Bonchev–Trinajstić information content (AvgIpc) is 3.01. The molecule has 0 unspecified atom stereocenters. The van der Waals surface area contributed by atoms with Crippen LogP contribution in [0.2, 0.25) is 0 Å². The number of phenols is 1. The molecule has 2 heterocycles. The molecule has 0 saturated heterocycles. The third kappa shape index (κ3) is 7.03. The molecule has 3 aromatic carbocycles. The van der Waals surface area contributed by atoms with Gasteiger partial charge in [-0.25, -0.2) is 31.6 Å². The summed E-state index contributed by atoms with van der Waals surface area (Å²) in [6.07, 6.45) is 2.93. The lowest BCUT2D eigenvalue weighted by Gasteiger charge is -2.09. The van der Waals surface area contributed by atoms with Crippen molar-refractivity contribution >= 4 is 49.0 Å². The summed E-state index contributed by atoms with van der Waals surface area (Å²) in [5.74, 6) is -1.45. The van der Waals surface area contributed by atoms with Crippen LogP contribution in [0.4, 0.5) is 23.0 Å². The maximum Gasteiger partial charge on any atom is 0.339 e. The molecular formula is C29H22N6O7S2. The van der Waals surface area contributed by atoms with E-state index >= 15 is 0 Å². The second-order valence-corrected chi connectivity index (χ2v) is 12.4. The van der Waals surface area contributed by atoms with Crippen LogP contribution in [0.15, 0.2) is 129 Å². The number of aromatic carboxylic acids is 1. The number of hydrogen-bond donors (Lipinski definition) is 4. The average molecular weight is 631 g/mol. The first-order chi connectivity index (χ1) is 21.0. The number of carboxylic acid groups (broad SMARTS) is 1. The second-order valence-electron chi connectivity index (χ2n) is 9.08. The zero-order valence-corrected chi connectivity index (χ0v) is 24.1. The normalized spacial score (nSPS) is 11.7. The summed E-state index contributed by atoms with van der Waals surface area (Å²) in [5.41, 5.74) is 1.47. The highest BCUT2D eigenvalue weighted by Gasteiger charge is 2.17. The first-order valence-electron chi connectivity index (χ1n) is 12.6. The number of rotatable bonds is 10. The molecule has 15 heteroatoms. The number of carbonyl (C=O) groups is 1. The molecule has 0 fully saturated rings. The molecule has 13 nitrogen and oxygen atoms in total. The number of pyridine rings is 2. The Morgan fingerprint density at radius 3 is 1.80 bits per heavy atom. The number of anilines is 2. The fourth-order valence-electron chi connectivity index (χ4n) is 3.83. The summed E-state index contributed by atoms with van der Waals surface area (Å²) in [5, 5.41) is 26.6. The van der Waals surface area contributed by atoms with Gasteiger partial charge >= 0.3 is 5.97 Å². The van der Waals surface area contributed by atoms with Crippen LogP contribution in [0.25, 0.3) is 11.1 Å². The van der Waals surface area contributed by atoms with Crippen molar-refractivity contribution in [2.24, 2.45) is 10.2 Å². The molecule has 5 aromatic rings. The Balaban J connectivity index is 1.23. The topological polar surface area (TPSA) is 200 Å². The van der Waals surface area contributed by atoms with E-state index in [-0.39, 0.29) is 32.7 Å². The highest BCUT2D eigenvalue weighted by molar-refractivity contribution is 7.93. The van der Waals surface area contributed by atoms with E-state index in [0.717, 1.165) is 6.07 Å². The maximum atomic E-state index is 12.9. The van der Waals surface area contributed by atoms with Crippen molar-refractivity contribution in [3.63, 3.8) is 0 Å². The van der Waals surface area contributed by atoms with Gasteiger partial charge in [-0.3, -0.25) is 9.44 Å². The quantitative estimate of drug-likeness (QED) is 0.142. The van der Waals surface area contributed by atoms with Crippen LogP contribution in [-0.4, -0.2) is 43.0 Å². The van der Waals surface area contributed by atoms with Gasteiger partial charge < -0.3 is 10.2 Å². The summed E-state index contributed by atoms with van der Waals surface area (Å²) < 4.78 is 55.9. The fourth-order valence-corrected chi connectivity index (χ4v) is 5.85. The summed E-state index contributed by atoms with van der Waals surface area (Å²) in [6.45, 7) is 0. The molecule has 0 aliphatic rings.